The monoisotopic (exact) mass is 374 g/mol. The molecule has 0 unspecified atom stereocenters. The van der Waals surface area contributed by atoms with Gasteiger partial charge >= 0.3 is 5.97 Å². The summed E-state index contributed by atoms with van der Waals surface area (Å²) in [7, 11) is 0. The van der Waals surface area contributed by atoms with Crippen LogP contribution in [-0.2, 0) is 19.1 Å². The lowest BCUT2D eigenvalue weighted by molar-refractivity contribution is -0.230. The Morgan fingerprint density at radius 1 is 1.15 bits per heavy atom. The SMILES string of the molecule is C=C1C(=O)[C@@]23[C@H](O)C[C@@H]4C(C)(C)CC(=O)C[C@@]4(C)[C@@H]2CC[C@@H]1[C@H]3OC(C)=O. The van der Waals surface area contributed by atoms with Gasteiger partial charge in [-0.3, -0.25) is 14.4 Å². The molecular formula is C22H30O5. The van der Waals surface area contributed by atoms with Crippen molar-refractivity contribution in [2.45, 2.75) is 72.0 Å². The molecular weight excluding hydrogens is 344 g/mol. The summed E-state index contributed by atoms with van der Waals surface area (Å²) in [5.74, 6) is -0.629. The molecule has 27 heavy (non-hydrogen) atoms. The first-order valence-corrected chi connectivity index (χ1v) is 10.1. The van der Waals surface area contributed by atoms with E-state index in [-0.39, 0.29) is 40.2 Å². The van der Waals surface area contributed by atoms with Crippen molar-refractivity contribution in [2.24, 2.45) is 34.0 Å². The van der Waals surface area contributed by atoms with E-state index in [4.69, 9.17) is 4.74 Å². The Hall–Kier alpha value is -1.49. The van der Waals surface area contributed by atoms with Crippen LogP contribution in [0.25, 0.3) is 0 Å². The van der Waals surface area contributed by atoms with Gasteiger partial charge < -0.3 is 9.84 Å². The highest BCUT2D eigenvalue weighted by Crippen LogP contribution is 2.71. The van der Waals surface area contributed by atoms with E-state index < -0.39 is 23.6 Å². The van der Waals surface area contributed by atoms with Gasteiger partial charge in [0.05, 0.1) is 11.5 Å². The average Bonchev–Trinajstić information content (AvgIpc) is 2.65. The number of rotatable bonds is 1. The molecule has 0 heterocycles. The molecule has 4 aliphatic carbocycles. The zero-order chi connectivity index (χ0) is 19.9. The van der Waals surface area contributed by atoms with E-state index in [1.807, 2.05) is 0 Å². The molecule has 1 spiro atoms. The largest absolute Gasteiger partial charge is 0.461 e. The van der Waals surface area contributed by atoms with E-state index in [1.165, 1.54) is 6.92 Å². The highest BCUT2D eigenvalue weighted by atomic mass is 16.5. The van der Waals surface area contributed by atoms with Crippen molar-refractivity contribution in [1.29, 1.82) is 0 Å². The summed E-state index contributed by atoms with van der Waals surface area (Å²) in [6.07, 6.45) is 1.30. The number of carbonyl (C=O) groups excluding carboxylic acids is 3. The van der Waals surface area contributed by atoms with Gasteiger partial charge in [-0.15, -0.1) is 0 Å². The maximum Gasteiger partial charge on any atom is 0.302 e. The number of fused-ring (bicyclic) bond motifs is 3. The predicted molar refractivity (Wildman–Crippen MR) is 98.6 cm³/mol. The fourth-order valence-electron chi connectivity index (χ4n) is 7.67. The van der Waals surface area contributed by atoms with Gasteiger partial charge in [-0.1, -0.05) is 27.4 Å². The molecule has 0 aliphatic heterocycles. The van der Waals surface area contributed by atoms with Gasteiger partial charge in [0.2, 0.25) is 0 Å². The van der Waals surface area contributed by atoms with Crippen LogP contribution >= 0.6 is 0 Å². The van der Waals surface area contributed by atoms with Crippen LogP contribution in [0.3, 0.4) is 0 Å². The number of aliphatic hydroxyl groups excluding tert-OH is 1. The Morgan fingerprint density at radius 3 is 2.44 bits per heavy atom. The first kappa shape index (κ1) is 18.9. The number of ether oxygens (including phenoxy) is 1. The van der Waals surface area contributed by atoms with Crippen LogP contribution in [0.15, 0.2) is 12.2 Å². The van der Waals surface area contributed by atoms with E-state index in [0.717, 1.165) is 6.42 Å². The van der Waals surface area contributed by atoms with Crippen molar-refractivity contribution in [3.05, 3.63) is 12.2 Å². The van der Waals surface area contributed by atoms with Gasteiger partial charge in [0.1, 0.15) is 11.9 Å². The summed E-state index contributed by atoms with van der Waals surface area (Å²) in [5, 5.41) is 11.4. The standard InChI is InChI=1S/C22H30O5/c1-11-14-6-7-15-21(5)10-13(24)9-20(3,4)16(21)8-17(25)22(15,18(11)26)19(14)27-12(2)23/h14-17,19,25H,1,6-10H2,2-5H3/t14-,15-,16+,17+,19+,21-,22-/m0/s1. The van der Waals surface area contributed by atoms with Gasteiger partial charge in [-0.05, 0) is 47.5 Å². The molecule has 0 saturated heterocycles. The third kappa shape index (κ3) is 2.18. The van der Waals surface area contributed by atoms with Gasteiger partial charge in [-0.25, -0.2) is 0 Å². The number of carbonyl (C=O) groups is 3. The van der Waals surface area contributed by atoms with Crippen molar-refractivity contribution in [2.75, 3.05) is 0 Å². The number of aliphatic hydroxyl groups is 1. The number of hydrogen-bond donors (Lipinski definition) is 1. The highest BCUT2D eigenvalue weighted by Gasteiger charge is 2.75. The van der Waals surface area contributed by atoms with Crippen LogP contribution in [0.5, 0.6) is 0 Å². The highest BCUT2D eigenvalue weighted by molar-refractivity contribution is 6.05. The Bertz CT molecular complexity index is 752. The second-order valence-electron chi connectivity index (χ2n) is 10.2. The number of ketones is 2. The number of esters is 1. The minimum absolute atomic E-state index is 0.143. The molecule has 0 aromatic rings. The minimum Gasteiger partial charge on any atom is -0.461 e. The summed E-state index contributed by atoms with van der Waals surface area (Å²) in [4.78, 5) is 38.0. The lowest BCUT2D eigenvalue weighted by Gasteiger charge is -2.64. The Morgan fingerprint density at radius 2 is 1.81 bits per heavy atom. The van der Waals surface area contributed by atoms with Gasteiger partial charge in [-0.2, -0.15) is 0 Å². The van der Waals surface area contributed by atoms with Gasteiger partial charge in [0.15, 0.2) is 5.78 Å². The smallest absolute Gasteiger partial charge is 0.302 e. The molecule has 0 aromatic carbocycles. The normalized spacial score (nSPS) is 48.0. The van der Waals surface area contributed by atoms with Crippen molar-refractivity contribution >= 4 is 17.5 Å². The summed E-state index contributed by atoms with van der Waals surface area (Å²) < 4.78 is 5.69. The second kappa shape index (κ2) is 5.53. The van der Waals surface area contributed by atoms with Crippen LogP contribution in [0.1, 0.15) is 59.8 Å². The third-order valence-corrected chi connectivity index (χ3v) is 8.38. The average molecular weight is 374 g/mol. The predicted octanol–water partition coefficient (Wildman–Crippen LogP) is 2.85. The fourth-order valence-corrected chi connectivity index (χ4v) is 7.67. The fraction of sp³-hybridized carbons (Fsp3) is 0.773. The second-order valence-corrected chi connectivity index (χ2v) is 10.2. The molecule has 0 aromatic heterocycles. The molecule has 4 aliphatic rings. The lowest BCUT2D eigenvalue weighted by atomic mass is 9.39. The Kier molecular flexibility index (Phi) is 3.86. The molecule has 4 saturated carbocycles. The van der Waals surface area contributed by atoms with E-state index in [1.54, 1.807) is 0 Å². The van der Waals surface area contributed by atoms with Crippen molar-refractivity contribution in [3.8, 4) is 0 Å². The first-order chi connectivity index (χ1) is 12.5. The van der Waals surface area contributed by atoms with Crippen LogP contribution in [0.4, 0.5) is 0 Å². The maximum absolute atomic E-state index is 13.5. The molecule has 4 fully saturated rings. The van der Waals surface area contributed by atoms with Crippen LogP contribution in [0.2, 0.25) is 0 Å². The van der Waals surface area contributed by atoms with Gasteiger partial charge in [0.25, 0.3) is 0 Å². The minimum atomic E-state index is -1.15. The molecule has 4 rings (SSSR count). The first-order valence-electron chi connectivity index (χ1n) is 10.1. The summed E-state index contributed by atoms with van der Waals surface area (Å²) >= 11 is 0. The summed E-state index contributed by atoms with van der Waals surface area (Å²) in [5.41, 5.74) is -1.28. The van der Waals surface area contributed by atoms with Crippen LogP contribution < -0.4 is 0 Å². The van der Waals surface area contributed by atoms with Gasteiger partial charge in [0, 0.05) is 25.7 Å². The van der Waals surface area contributed by atoms with Crippen LogP contribution in [0, 0.1) is 34.0 Å². The van der Waals surface area contributed by atoms with E-state index in [9.17, 15) is 19.5 Å². The van der Waals surface area contributed by atoms with E-state index in [2.05, 4.69) is 27.4 Å². The Labute approximate surface area is 160 Å². The summed E-state index contributed by atoms with van der Waals surface area (Å²) in [6.45, 7) is 11.7. The van der Waals surface area contributed by atoms with Crippen LogP contribution in [-0.4, -0.2) is 34.9 Å². The maximum atomic E-state index is 13.5. The van der Waals surface area contributed by atoms with Crippen molar-refractivity contribution in [3.63, 3.8) is 0 Å². The molecule has 0 radical (unpaired) electrons. The molecule has 2 bridgehead atoms. The number of Topliss-reactive ketones (excluding diaryl/α,β-unsaturated/α-hetero) is 2. The molecule has 148 valence electrons. The molecule has 5 nitrogen and oxygen atoms in total. The summed E-state index contributed by atoms with van der Waals surface area (Å²) in [6, 6.07) is 0. The number of hydrogen-bond acceptors (Lipinski definition) is 5. The van der Waals surface area contributed by atoms with Crippen molar-refractivity contribution in [1.82, 2.24) is 0 Å². The molecule has 1 N–H and O–H groups in total. The molecule has 7 atom stereocenters. The van der Waals surface area contributed by atoms with E-state index in [0.29, 0.717) is 31.3 Å². The third-order valence-electron chi connectivity index (χ3n) is 8.38. The zero-order valence-electron chi connectivity index (χ0n) is 16.7. The Balaban J connectivity index is 1.90. The quantitative estimate of drug-likeness (QED) is 0.564. The molecule has 5 heteroatoms. The van der Waals surface area contributed by atoms with Crippen molar-refractivity contribution < 1.29 is 24.2 Å². The van der Waals surface area contributed by atoms with E-state index >= 15 is 0 Å². The topological polar surface area (TPSA) is 80.7 Å². The molecule has 0 amide bonds. The lowest BCUT2D eigenvalue weighted by Crippen LogP contribution is -2.68. The zero-order valence-corrected chi connectivity index (χ0v) is 16.7.